The highest BCUT2D eigenvalue weighted by Crippen LogP contribution is 2.22. The van der Waals surface area contributed by atoms with Crippen molar-refractivity contribution in [3.05, 3.63) is 53.1 Å². The summed E-state index contributed by atoms with van der Waals surface area (Å²) in [5.74, 6) is -1.59. The molecule has 0 aliphatic heterocycles. The van der Waals surface area contributed by atoms with Crippen molar-refractivity contribution in [2.45, 2.75) is 0 Å². The van der Waals surface area contributed by atoms with Crippen LogP contribution in [0, 0.1) is 11.6 Å². The van der Waals surface area contributed by atoms with Gasteiger partial charge in [0.15, 0.2) is 0 Å². The Morgan fingerprint density at radius 1 is 1.10 bits per heavy atom. The Balaban J connectivity index is 2.07. The number of amides is 2. The Morgan fingerprint density at radius 3 is 2.50 bits per heavy atom. The number of carbonyl (C=O) groups is 1. The molecule has 2 aromatic rings. The molecular weight excluding hydrogens is 288 g/mol. The van der Waals surface area contributed by atoms with Gasteiger partial charge in [-0.2, -0.15) is 0 Å². The zero-order valence-corrected chi connectivity index (χ0v) is 10.8. The lowest BCUT2D eigenvalue weighted by molar-refractivity contribution is 0.262. The fourth-order valence-electron chi connectivity index (χ4n) is 1.50. The van der Waals surface area contributed by atoms with E-state index in [1.165, 1.54) is 12.1 Å². The van der Waals surface area contributed by atoms with Crippen molar-refractivity contribution in [1.82, 2.24) is 0 Å². The zero-order chi connectivity index (χ0) is 14.7. The normalized spacial score (nSPS) is 10.2. The number of anilines is 3. The van der Waals surface area contributed by atoms with Gasteiger partial charge in [0.25, 0.3) is 0 Å². The summed E-state index contributed by atoms with van der Waals surface area (Å²) < 4.78 is 26.1. The Hall–Kier alpha value is -2.34. The molecule has 0 aliphatic carbocycles. The van der Waals surface area contributed by atoms with Crippen molar-refractivity contribution in [2.75, 3.05) is 16.4 Å². The highest BCUT2D eigenvalue weighted by molar-refractivity contribution is 6.33. The van der Waals surface area contributed by atoms with Crippen LogP contribution in [-0.4, -0.2) is 6.03 Å². The summed E-state index contributed by atoms with van der Waals surface area (Å²) in [6, 6.07) is 6.68. The molecule has 7 heteroatoms. The summed E-state index contributed by atoms with van der Waals surface area (Å²) in [5.41, 5.74) is 6.15. The maximum atomic E-state index is 13.3. The van der Waals surface area contributed by atoms with Gasteiger partial charge in [0.2, 0.25) is 0 Å². The zero-order valence-electron chi connectivity index (χ0n) is 10.1. The summed E-state index contributed by atoms with van der Waals surface area (Å²) in [4.78, 5) is 11.7. The molecule has 0 fully saturated rings. The fraction of sp³-hybridized carbons (Fsp3) is 0. The first kappa shape index (κ1) is 14.1. The van der Waals surface area contributed by atoms with Gasteiger partial charge in [0.1, 0.15) is 11.6 Å². The third-order valence-corrected chi connectivity index (χ3v) is 2.78. The predicted molar refractivity (Wildman–Crippen MR) is 74.9 cm³/mol. The third-order valence-electron chi connectivity index (χ3n) is 2.43. The Labute approximate surface area is 118 Å². The number of nitrogen functional groups attached to an aromatic ring is 1. The van der Waals surface area contributed by atoms with Gasteiger partial charge in [0.05, 0.1) is 16.4 Å². The van der Waals surface area contributed by atoms with Gasteiger partial charge in [-0.1, -0.05) is 11.6 Å². The van der Waals surface area contributed by atoms with Crippen molar-refractivity contribution in [2.24, 2.45) is 0 Å². The molecule has 2 rings (SSSR count). The smallest absolute Gasteiger partial charge is 0.323 e. The number of nitrogens with two attached hydrogens (primary N) is 1. The summed E-state index contributed by atoms with van der Waals surface area (Å²) in [7, 11) is 0. The molecule has 0 saturated carbocycles. The highest BCUT2D eigenvalue weighted by atomic mass is 35.5. The van der Waals surface area contributed by atoms with Gasteiger partial charge in [-0.15, -0.1) is 0 Å². The van der Waals surface area contributed by atoms with Crippen LogP contribution in [0.3, 0.4) is 0 Å². The van der Waals surface area contributed by atoms with Gasteiger partial charge in [-0.05, 0) is 30.3 Å². The number of nitrogens with one attached hydrogen (secondary N) is 2. The average Bonchev–Trinajstić information content (AvgIpc) is 2.37. The first-order chi connectivity index (χ1) is 9.45. The molecule has 2 amide bonds. The van der Waals surface area contributed by atoms with Crippen LogP contribution >= 0.6 is 11.6 Å². The van der Waals surface area contributed by atoms with Crippen molar-refractivity contribution < 1.29 is 13.6 Å². The largest absolute Gasteiger partial charge is 0.397 e. The van der Waals surface area contributed by atoms with Crippen LogP contribution in [0.5, 0.6) is 0 Å². The van der Waals surface area contributed by atoms with Crippen molar-refractivity contribution in [1.29, 1.82) is 0 Å². The summed E-state index contributed by atoms with van der Waals surface area (Å²) in [6.45, 7) is 0. The number of halogens is 3. The summed E-state index contributed by atoms with van der Waals surface area (Å²) >= 11 is 5.74. The van der Waals surface area contributed by atoms with Crippen LogP contribution in [0.2, 0.25) is 5.02 Å². The predicted octanol–water partition coefficient (Wildman–Crippen LogP) is 3.84. The molecular formula is C13H10ClF2N3O. The Kier molecular flexibility index (Phi) is 4.05. The monoisotopic (exact) mass is 297 g/mol. The maximum Gasteiger partial charge on any atom is 0.323 e. The van der Waals surface area contributed by atoms with Crippen LogP contribution in [0.1, 0.15) is 0 Å². The van der Waals surface area contributed by atoms with Crippen LogP contribution in [-0.2, 0) is 0 Å². The van der Waals surface area contributed by atoms with E-state index in [1.807, 2.05) is 0 Å². The van der Waals surface area contributed by atoms with E-state index >= 15 is 0 Å². The molecule has 4 nitrogen and oxygen atoms in total. The number of benzene rings is 2. The van der Waals surface area contributed by atoms with Crippen molar-refractivity contribution in [3.8, 4) is 0 Å². The summed E-state index contributed by atoms with van der Waals surface area (Å²) in [6.07, 6.45) is 0. The second-order valence-electron chi connectivity index (χ2n) is 3.94. The highest BCUT2D eigenvalue weighted by Gasteiger charge is 2.08. The molecule has 0 aliphatic rings. The van der Waals surface area contributed by atoms with Crippen molar-refractivity contribution >= 4 is 34.7 Å². The second-order valence-corrected chi connectivity index (χ2v) is 4.35. The van der Waals surface area contributed by atoms with E-state index in [-0.39, 0.29) is 5.69 Å². The number of urea groups is 1. The molecule has 0 unspecified atom stereocenters. The fourth-order valence-corrected chi connectivity index (χ4v) is 1.61. The molecule has 0 spiro atoms. The quantitative estimate of drug-likeness (QED) is 0.737. The molecule has 0 atom stereocenters. The molecule has 0 aromatic heterocycles. The molecule has 2 aromatic carbocycles. The lowest BCUT2D eigenvalue weighted by Gasteiger charge is -2.09. The van der Waals surface area contributed by atoms with Crippen molar-refractivity contribution in [3.63, 3.8) is 0 Å². The van der Waals surface area contributed by atoms with Gasteiger partial charge in [0, 0.05) is 11.8 Å². The van der Waals surface area contributed by atoms with E-state index in [0.717, 1.165) is 12.1 Å². The minimum atomic E-state index is -0.865. The van der Waals surface area contributed by atoms with E-state index in [2.05, 4.69) is 10.6 Å². The first-order valence-corrected chi connectivity index (χ1v) is 5.91. The standard InChI is InChI=1S/C13H10ClF2N3O/c14-9-3-2-8(6-11(9)17)18-13(20)19-12-4-1-7(15)5-10(12)16/h1-6H,17H2,(H2,18,19,20). The number of carbonyl (C=O) groups excluding carboxylic acids is 1. The molecule has 0 saturated heterocycles. The summed E-state index contributed by atoms with van der Waals surface area (Å²) in [5, 5.41) is 5.07. The Bertz CT molecular complexity index is 664. The van der Waals surface area contributed by atoms with Crippen LogP contribution in [0.4, 0.5) is 30.6 Å². The third kappa shape index (κ3) is 3.36. The lowest BCUT2D eigenvalue weighted by Crippen LogP contribution is -2.20. The van der Waals surface area contributed by atoms with E-state index in [1.54, 1.807) is 6.07 Å². The molecule has 104 valence electrons. The lowest BCUT2D eigenvalue weighted by atomic mass is 10.3. The average molecular weight is 298 g/mol. The van der Waals surface area contributed by atoms with E-state index < -0.39 is 17.7 Å². The molecule has 0 bridgehead atoms. The Morgan fingerprint density at radius 2 is 1.85 bits per heavy atom. The maximum absolute atomic E-state index is 13.3. The topological polar surface area (TPSA) is 67.1 Å². The number of hydrogen-bond acceptors (Lipinski definition) is 2. The van der Waals surface area contributed by atoms with Crippen LogP contribution in [0.15, 0.2) is 36.4 Å². The van der Waals surface area contributed by atoms with E-state index in [0.29, 0.717) is 22.5 Å². The SMILES string of the molecule is Nc1cc(NC(=O)Nc2ccc(F)cc2F)ccc1Cl. The van der Waals surface area contributed by atoms with Gasteiger partial charge < -0.3 is 16.4 Å². The molecule has 0 radical (unpaired) electrons. The minimum absolute atomic E-state index is 0.133. The van der Waals surface area contributed by atoms with Gasteiger partial charge in [-0.25, -0.2) is 13.6 Å². The van der Waals surface area contributed by atoms with Gasteiger partial charge in [-0.3, -0.25) is 0 Å². The van der Waals surface area contributed by atoms with Crippen LogP contribution < -0.4 is 16.4 Å². The van der Waals surface area contributed by atoms with E-state index in [9.17, 15) is 13.6 Å². The second kappa shape index (κ2) is 5.75. The van der Waals surface area contributed by atoms with Gasteiger partial charge >= 0.3 is 6.03 Å². The molecule has 20 heavy (non-hydrogen) atoms. The van der Waals surface area contributed by atoms with E-state index in [4.69, 9.17) is 17.3 Å². The molecule has 0 heterocycles. The first-order valence-electron chi connectivity index (χ1n) is 5.54. The number of hydrogen-bond donors (Lipinski definition) is 3. The minimum Gasteiger partial charge on any atom is -0.397 e. The molecule has 4 N–H and O–H groups in total. The number of rotatable bonds is 2. The van der Waals surface area contributed by atoms with Crippen LogP contribution in [0.25, 0.3) is 0 Å².